The Morgan fingerprint density at radius 2 is 1.97 bits per heavy atom. The van der Waals surface area contributed by atoms with Crippen molar-refractivity contribution in [2.45, 2.75) is 56.4 Å². The van der Waals surface area contributed by atoms with Gasteiger partial charge in [0.1, 0.15) is 12.4 Å². The number of hydrogen-bond donors (Lipinski definition) is 1. The van der Waals surface area contributed by atoms with E-state index in [1.165, 1.54) is 0 Å². The molecule has 32 heavy (non-hydrogen) atoms. The van der Waals surface area contributed by atoms with Crippen LogP contribution >= 0.6 is 11.9 Å². The van der Waals surface area contributed by atoms with Crippen LogP contribution in [0, 0.1) is 4.91 Å². The molecule has 0 bridgehead atoms. The summed E-state index contributed by atoms with van der Waals surface area (Å²) < 4.78 is 12.8. The predicted molar refractivity (Wildman–Crippen MR) is 124 cm³/mol. The number of ether oxygens (including phenoxy) is 2. The maximum atomic E-state index is 12.4. The minimum Gasteiger partial charge on any atom is -0.497 e. The van der Waals surface area contributed by atoms with E-state index in [4.69, 9.17) is 9.47 Å². The smallest absolute Gasteiger partial charge is 0.410 e. The van der Waals surface area contributed by atoms with Crippen molar-refractivity contribution in [1.82, 2.24) is 4.90 Å². The Hall–Kier alpha value is -2.81. The van der Waals surface area contributed by atoms with E-state index in [-0.39, 0.29) is 18.7 Å². The Bertz CT molecular complexity index is 1010. The second-order valence-electron chi connectivity index (χ2n) is 8.56. The Kier molecular flexibility index (Phi) is 7.28. The molecule has 1 aliphatic heterocycles. The Labute approximate surface area is 191 Å². The molecule has 2 aromatic carbocycles. The van der Waals surface area contributed by atoms with Crippen molar-refractivity contribution in [3.63, 3.8) is 0 Å². The third-order valence-electron chi connectivity index (χ3n) is 6.11. The van der Waals surface area contributed by atoms with E-state index in [0.717, 1.165) is 28.5 Å². The molecule has 1 heterocycles. The number of benzene rings is 2. The van der Waals surface area contributed by atoms with Crippen LogP contribution in [0.4, 0.5) is 4.79 Å². The summed E-state index contributed by atoms with van der Waals surface area (Å²) in [5.74, 6) is -0.876. The number of nitrogens with zero attached hydrogens (tertiary/aromatic N) is 2. The molecule has 0 radical (unpaired) electrons. The largest absolute Gasteiger partial charge is 0.497 e. The summed E-state index contributed by atoms with van der Waals surface area (Å²) in [6.45, 7) is 5.74. The lowest BCUT2D eigenvalue weighted by molar-refractivity contribution is -0.139. The third-order valence-corrected chi connectivity index (χ3v) is 6.92. The van der Waals surface area contributed by atoms with Crippen molar-refractivity contribution in [1.29, 1.82) is 0 Å². The second kappa shape index (κ2) is 9.77. The summed E-state index contributed by atoms with van der Waals surface area (Å²) in [5, 5.41) is 11.8. The summed E-state index contributed by atoms with van der Waals surface area (Å²) in [5.41, 5.74) is 0.712. The number of rotatable bonds is 10. The molecule has 1 amide bonds. The molecule has 3 rings (SSSR count). The Balaban J connectivity index is 1.76. The molecule has 1 unspecified atom stereocenters. The number of carbonyl (C=O) groups excluding carboxylic acids is 1. The third kappa shape index (κ3) is 4.98. The van der Waals surface area contributed by atoms with Gasteiger partial charge in [-0.2, -0.15) is 0 Å². The van der Waals surface area contributed by atoms with Gasteiger partial charge >= 0.3 is 12.1 Å². The molecule has 0 saturated carbocycles. The van der Waals surface area contributed by atoms with Crippen LogP contribution < -0.4 is 4.74 Å². The van der Waals surface area contributed by atoms with Gasteiger partial charge in [-0.25, -0.2) is 4.79 Å². The lowest BCUT2D eigenvalue weighted by Gasteiger charge is -2.36. The number of methoxy groups -OCH3 is 1. The van der Waals surface area contributed by atoms with Crippen LogP contribution in [0.5, 0.6) is 5.75 Å². The van der Waals surface area contributed by atoms with E-state index >= 15 is 0 Å². The van der Waals surface area contributed by atoms with E-state index in [1.807, 2.05) is 57.2 Å². The molecular weight excluding hydrogens is 432 g/mol. The summed E-state index contributed by atoms with van der Waals surface area (Å²) in [4.78, 5) is 36.9. The lowest BCUT2D eigenvalue weighted by atomic mass is 9.90. The van der Waals surface area contributed by atoms with Gasteiger partial charge in [-0.1, -0.05) is 24.3 Å². The molecular formula is C23H28N2O6S. The molecule has 3 atom stereocenters. The monoisotopic (exact) mass is 460 g/mol. The van der Waals surface area contributed by atoms with Crippen LogP contribution in [0.2, 0.25) is 0 Å². The van der Waals surface area contributed by atoms with Gasteiger partial charge in [0.15, 0.2) is 0 Å². The van der Waals surface area contributed by atoms with Gasteiger partial charge in [-0.3, -0.25) is 9.69 Å². The number of nitroso groups, excluding NO2 is 1. The number of carbonyl (C=O) groups is 2. The van der Waals surface area contributed by atoms with Crippen molar-refractivity contribution in [2.75, 3.05) is 13.7 Å². The van der Waals surface area contributed by atoms with Gasteiger partial charge in [0.2, 0.25) is 0 Å². The molecule has 1 fully saturated rings. The van der Waals surface area contributed by atoms with Gasteiger partial charge in [-0.05, 0) is 62.1 Å². The molecule has 9 heteroatoms. The van der Waals surface area contributed by atoms with Crippen molar-refractivity contribution in [3.05, 3.63) is 46.9 Å². The molecule has 172 valence electrons. The molecule has 0 aromatic heterocycles. The highest BCUT2D eigenvalue weighted by atomic mass is 32.2. The molecule has 1 saturated heterocycles. The van der Waals surface area contributed by atoms with Crippen molar-refractivity contribution in [3.8, 4) is 5.75 Å². The molecule has 1 aliphatic rings. The zero-order valence-electron chi connectivity index (χ0n) is 18.6. The zero-order valence-corrected chi connectivity index (χ0v) is 19.4. The van der Waals surface area contributed by atoms with Crippen molar-refractivity contribution >= 4 is 34.8 Å². The van der Waals surface area contributed by atoms with Gasteiger partial charge in [-0.15, -0.1) is 4.91 Å². The van der Waals surface area contributed by atoms with Crippen molar-refractivity contribution < 1.29 is 24.2 Å². The second-order valence-corrected chi connectivity index (χ2v) is 9.94. The summed E-state index contributed by atoms with van der Waals surface area (Å²) in [6, 6.07) is 10.7. The average Bonchev–Trinajstić information content (AvgIpc) is 3.15. The van der Waals surface area contributed by atoms with Crippen LogP contribution in [0.15, 0.2) is 41.0 Å². The van der Waals surface area contributed by atoms with Gasteiger partial charge < -0.3 is 14.6 Å². The number of amides is 1. The number of carboxylic acid groups (broad SMARTS) is 1. The fourth-order valence-electron chi connectivity index (χ4n) is 4.18. The highest BCUT2D eigenvalue weighted by Crippen LogP contribution is 2.37. The quantitative estimate of drug-likeness (QED) is 0.384. The summed E-state index contributed by atoms with van der Waals surface area (Å²) in [7, 11) is 1.60. The van der Waals surface area contributed by atoms with E-state index in [9.17, 15) is 19.6 Å². The number of aliphatic carboxylic acids is 1. The topological polar surface area (TPSA) is 105 Å². The van der Waals surface area contributed by atoms with E-state index in [0.29, 0.717) is 18.4 Å². The number of hydrogen-bond acceptors (Lipinski definition) is 7. The van der Waals surface area contributed by atoms with Crippen molar-refractivity contribution in [2.24, 2.45) is 4.58 Å². The first kappa shape index (κ1) is 23.8. The standard InChI is InChI=1S/C23H28N2O6S/c1-14(25-20(13-31-22(25)28)23(2,3)32-24-29)5-10-19(21(26)27)17-7-6-16-12-18(30-4)9-8-15(16)11-17/h6-9,11-12,14,19-20H,5,10,13H2,1-4H3,(H,26,27)/t14-,19?,20-/m0/s1. The van der Waals surface area contributed by atoms with Crippen LogP contribution in [0.25, 0.3) is 10.8 Å². The molecule has 0 spiro atoms. The van der Waals surface area contributed by atoms with E-state index in [1.54, 1.807) is 12.0 Å². The normalized spacial score (nSPS) is 18.3. The van der Waals surface area contributed by atoms with Gasteiger partial charge in [0, 0.05) is 22.6 Å². The SMILES string of the molecule is COc1ccc2cc(C(CC[C@H](C)N3C(=O)OC[C@H]3C(C)(C)SN=O)C(=O)O)ccc2c1. The zero-order chi connectivity index (χ0) is 23.5. The van der Waals surface area contributed by atoms with Crippen LogP contribution in [0.1, 0.15) is 45.1 Å². The summed E-state index contributed by atoms with van der Waals surface area (Å²) in [6.07, 6.45) is 0.376. The fraction of sp³-hybridized carbons (Fsp3) is 0.478. The fourth-order valence-corrected chi connectivity index (χ4v) is 4.67. The first-order valence-corrected chi connectivity index (χ1v) is 11.2. The Morgan fingerprint density at radius 3 is 2.62 bits per heavy atom. The number of cyclic esters (lactones) is 1. The van der Waals surface area contributed by atoms with Crippen LogP contribution in [-0.2, 0) is 9.53 Å². The highest BCUT2D eigenvalue weighted by molar-refractivity contribution is 7.99. The van der Waals surface area contributed by atoms with E-state index in [2.05, 4.69) is 4.58 Å². The van der Waals surface area contributed by atoms with E-state index < -0.39 is 22.7 Å². The minimum absolute atomic E-state index is 0.176. The molecule has 0 aliphatic carbocycles. The summed E-state index contributed by atoms with van der Waals surface area (Å²) >= 11 is 0.876. The lowest BCUT2D eigenvalue weighted by Crippen LogP contribution is -2.50. The van der Waals surface area contributed by atoms with Crippen LogP contribution in [0.3, 0.4) is 0 Å². The minimum atomic E-state index is -0.911. The maximum absolute atomic E-state index is 12.4. The Morgan fingerprint density at radius 1 is 1.28 bits per heavy atom. The first-order chi connectivity index (χ1) is 15.2. The molecule has 1 N–H and O–H groups in total. The average molecular weight is 461 g/mol. The first-order valence-electron chi connectivity index (χ1n) is 10.4. The predicted octanol–water partition coefficient (Wildman–Crippen LogP) is 5.20. The van der Waals surface area contributed by atoms with Gasteiger partial charge in [0.25, 0.3) is 0 Å². The maximum Gasteiger partial charge on any atom is 0.410 e. The molecule has 8 nitrogen and oxygen atoms in total. The number of carboxylic acids is 1. The number of fused-ring (bicyclic) bond motifs is 1. The van der Waals surface area contributed by atoms with Crippen LogP contribution in [-0.4, -0.2) is 52.6 Å². The van der Waals surface area contributed by atoms with Gasteiger partial charge in [0.05, 0.1) is 23.8 Å². The highest BCUT2D eigenvalue weighted by Gasteiger charge is 2.46. The molecule has 2 aromatic rings.